The molecule has 0 aliphatic carbocycles. The van der Waals surface area contributed by atoms with Crippen molar-refractivity contribution in [2.75, 3.05) is 31.1 Å². The summed E-state index contributed by atoms with van der Waals surface area (Å²) in [7, 11) is 0. The lowest BCUT2D eigenvalue weighted by Gasteiger charge is -2.40. The Morgan fingerprint density at radius 3 is 2.50 bits per heavy atom. The SMILES string of the molecule is C=C(F)C(=O)N1CC(n2c(=O)n(-c3ccc(C(F)(F)F)nc3)c3nccc(N4CCCC(O)C4)c32)C1. The van der Waals surface area contributed by atoms with Crippen molar-refractivity contribution in [3.63, 3.8) is 0 Å². The van der Waals surface area contributed by atoms with Gasteiger partial charge in [-0.2, -0.15) is 13.2 Å². The molecule has 3 aromatic heterocycles. The quantitative estimate of drug-likeness (QED) is 0.432. The minimum Gasteiger partial charge on any atom is -0.391 e. The van der Waals surface area contributed by atoms with Gasteiger partial charge in [-0.05, 0) is 31.0 Å². The number of carbonyl (C=O) groups excluding carboxylic acids is 1. The summed E-state index contributed by atoms with van der Waals surface area (Å²) in [6.07, 6.45) is -1.39. The summed E-state index contributed by atoms with van der Waals surface area (Å²) in [4.78, 5) is 36.6. The number of rotatable bonds is 4. The number of hydrogen-bond acceptors (Lipinski definition) is 6. The lowest BCUT2D eigenvalue weighted by molar-refractivity contribution is -0.141. The molecule has 9 nitrogen and oxygen atoms in total. The van der Waals surface area contributed by atoms with Crippen LogP contribution in [0.4, 0.5) is 23.2 Å². The molecule has 0 saturated carbocycles. The van der Waals surface area contributed by atoms with Gasteiger partial charge in [0.05, 0.1) is 29.7 Å². The maximum atomic E-state index is 13.7. The van der Waals surface area contributed by atoms with Gasteiger partial charge < -0.3 is 14.9 Å². The van der Waals surface area contributed by atoms with Crippen LogP contribution in [0.15, 0.2) is 47.8 Å². The van der Waals surface area contributed by atoms with E-state index in [2.05, 4.69) is 16.5 Å². The Balaban J connectivity index is 1.65. The molecule has 13 heteroatoms. The van der Waals surface area contributed by atoms with Crippen molar-refractivity contribution in [1.82, 2.24) is 24.0 Å². The molecular weight excluding hydrogens is 484 g/mol. The van der Waals surface area contributed by atoms with Gasteiger partial charge in [0.25, 0.3) is 5.91 Å². The topological polar surface area (TPSA) is 96.5 Å². The van der Waals surface area contributed by atoms with Crippen LogP contribution in [0.5, 0.6) is 0 Å². The maximum absolute atomic E-state index is 13.7. The highest BCUT2D eigenvalue weighted by Crippen LogP contribution is 2.34. The van der Waals surface area contributed by atoms with E-state index in [1.807, 2.05) is 4.90 Å². The molecule has 5 rings (SSSR count). The summed E-state index contributed by atoms with van der Waals surface area (Å²) in [5, 5.41) is 10.2. The fourth-order valence-electron chi connectivity index (χ4n) is 4.76. The van der Waals surface area contributed by atoms with Crippen molar-refractivity contribution in [3.05, 3.63) is 59.2 Å². The Kier molecular flexibility index (Phi) is 5.81. The van der Waals surface area contributed by atoms with Crippen molar-refractivity contribution in [3.8, 4) is 5.69 Å². The lowest BCUT2D eigenvalue weighted by Crippen LogP contribution is -2.53. The number of anilines is 1. The van der Waals surface area contributed by atoms with E-state index in [9.17, 15) is 32.3 Å². The second kappa shape index (κ2) is 8.73. The first-order chi connectivity index (χ1) is 17.1. The minimum absolute atomic E-state index is 0.0447. The number of fused-ring (bicyclic) bond motifs is 1. The molecule has 1 unspecified atom stereocenters. The van der Waals surface area contributed by atoms with Gasteiger partial charge in [-0.15, -0.1) is 0 Å². The maximum Gasteiger partial charge on any atom is 0.433 e. The lowest BCUT2D eigenvalue weighted by atomic mass is 10.1. The Morgan fingerprint density at radius 2 is 1.89 bits per heavy atom. The number of amides is 1. The Bertz CT molecular complexity index is 1390. The largest absolute Gasteiger partial charge is 0.433 e. The zero-order valence-electron chi connectivity index (χ0n) is 19.0. The van der Waals surface area contributed by atoms with Gasteiger partial charge in [-0.25, -0.2) is 23.7 Å². The van der Waals surface area contributed by atoms with Crippen LogP contribution in [0.25, 0.3) is 16.9 Å². The zero-order chi connectivity index (χ0) is 25.8. The molecule has 0 spiro atoms. The Morgan fingerprint density at radius 1 is 1.14 bits per heavy atom. The summed E-state index contributed by atoms with van der Waals surface area (Å²) in [6.45, 7) is 4.06. The first-order valence-electron chi connectivity index (χ1n) is 11.3. The molecule has 2 saturated heterocycles. The highest BCUT2D eigenvalue weighted by molar-refractivity contribution is 5.91. The van der Waals surface area contributed by atoms with Crippen molar-refractivity contribution in [2.24, 2.45) is 0 Å². The molecule has 3 aromatic rings. The highest BCUT2D eigenvalue weighted by Gasteiger charge is 2.38. The fraction of sp³-hybridized carbons (Fsp3) is 0.391. The van der Waals surface area contributed by atoms with Gasteiger partial charge in [0, 0.05) is 32.4 Å². The van der Waals surface area contributed by atoms with E-state index in [0.29, 0.717) is 30.7 Å². The van der Waals surface area contributed by atoms with E-state index in [0.717, 1.165) is 24.8 Å². The van der Waals surface area contributed by atoms with Crippen LogP contribution in [0.3, 0.4) is 0 Å². The van der Waals surface area contributed by atoms with Crippen LogP contribution in [-0.4, -0.2) is 67.3 Å². The number of imidazole rings is 1. The molecule has 2 aliphatic rings. The van der Waals surface area contributed by atoms with Crippen LogP contribution < -0.4 is 10.6 Å². The van der Waals surface area contributed by atoms with E-state index in [1.165, 1.54) is 20.2 Å². The minimum atomic E-state index is -4.64. The van der Waals surface area contributed by atoms with Crippen LogP contribution >= 0.6 is 0 Å². The van der Waals surface area contributed by atoms with Crippen molar-refractivity contribution in [1.29, 1.82) is 0 Å². The number of halogens is 4. The fourth-order valence-corrected chi connectivity index (χ4v) is 4.76. The first-order valence-corrected chi connectivity index (χ1v) is 11.3. The van der Waals surface area contributed by atoms with Crippen LogP contribution in [-0.2, 0) is 11.0 Å². The average Bonchev–Trinajstić information content (AvgIpc) is 3.09. The van der Waals surface area contributed by atoms with Gasteiger partial charge in [0.15, 0.2) is 11.5 Å². The Hall–Kier alpha value is -3.74. The molecule has 1 amide bonds. The van der Waals surface area contributed by atoms with E-state index in [4.69, 9.17) is 0 Å². The molecule has 1 N–H and O–H groups in total. The van der Waals surface area contributed by atoms with Gasteiger partial charge in [0.1, 0.15) is 11.2 Å². The van der Waals surface area contributed by atoms with Crippen LogP contribution in [0.2, 0.25) is 0 Å². The third-order valence-electron chi connectivity index (χ3n) is 6.51. The third-order valence-corrected chi connectivity index (χ3v) is 6.51. The predicted molar refractivity (Wildman–Crippen MR) is 121 cm³/mol. The highest BCUT2D eigenvalue weighted by atomic mass is 19.4. The molecule has 2 aliphatic heterocycles. The first kappa shape index (κ1) is 24.0. The molecule has 5 heterocycles. The molecule has 1 atom stereocenters. The molecule has 2 fully saturated rings. The number of pyridine rings is 2. The van der Waals surface area contributed by atoms with Gasteiger partial charge in [-0.1, -0.05) is 6.58 Å². The number of piperidine rings is 1. The average molecular weight is 506 g/mol. The molecule has 190 valence electrons. The monoisotopic (exact) mass is 506 g/mol. The molecule has 0 bridgehead atoms. The van der Waals surface area contributed by atoms with Gasteiger partial charge in [0.2, 0.25) is 0 Å². The summed E-state index contributed by atoms with van der Waals surface area (Å²) >= 11 is 0. The van der Waals surface area contributed by atoms with Gasteiger partial charge in [-0.3, -0.25) is 9.36 Å². The zero-order valence-corrected chi connectivity index (χ0v) is 19.0. The third kappa shape index (κ3) is 4.02. The normalized spacial score (nSPS) is 19.0. The standard InChI is InChI=1S/C23H22F4N6O3/c1-13(24)21(35)31-10-15(11-31)32-19-17(30-8-2-3-16(34)12-30)6-7-28-20(19)33(22(32)36)14-4-5-18(29-9-14)23(25,26)27/h4-7,9,15-16,34H,1-3,8,10-12H2. The summed E-state index contributed by atoms with van der Waals surface area (Å²) in [5.74, 6) is -1.98. The van der Waals surface area contributed by atoms with Crippen LogP contribution in [0, 0.1) is 0 Å². The van der Waals surface area contributed by atoms with E-state index in [1.54, 1.807) is 6.07 Å². The number of carbonyl (C=O) groups is 1. The molecule has 0 aromatic carbocycles. The second-order valence-corrected chi connectivity index (χ2v) is 8.90. The van der Waals surface area contributed by atoms with Crippen molar-refractivity contribution >= 4 is 22.8 Å². The summed E-state index contributed by atoms with van der Waals surface area (Å²) in [6, 6.07) is 3.11. The number of nitrogens with zero attached hydrogens (tertiary/aromatic N) is 6. The summed E-state index contributed by atoms with van der Waals surface area (Å²) in [5.41, 5.74) is -0.371. The number of alkyl halides is 3. The van der Waals surface area contributed by atoms with Crippen molar-refractivity contribution < 1.29 is 27.5 Å². The number of hydrogen-bond donors (Lipinski definition) is 1. The number of likely N-dealkylation sites (tertiary alicyclic amines) is 1. The second-order valence-electron chi connectivity index (χ2n) is 8.90. The van der Waals surface area contributed by atoms with Crippen molar-refractivity contribution in [2.45, 2.75) is 31.2 Å². The van der Waals surface area contributed by atoms with E-state index >= 15 is 0 Å². The van der Waals surface area contributed by atoms with E-state index in [-0.39, 0.29) is 24.4 Å². The molecule has 0 radical (unpaired) electrons. The van der Waals surface area contributed by atoms with Gasteiger partial charge >= 0.3 is 11.9 Å². The number of aliphatic hydroxyl groups excluding tert-OH is 1. The number of aromatic nitrogens is 4. The van der Waals surface area contributed by atoms with E-state index < -0.39 is 41.4 Å². The molecular formula is C23H22F4N6O3. The number of aliphatic hydroxyl groups is 1. The summed E-state index contributed by atoms with van der Waals surface area (Å²) < 4.78 is 55.0. The molecule has 36 heavy (non-hydrogen) atoms. The predicted octanol–water partition coefficient (Wildman–Crippen LogP) is 2.43. The Labute approximate surface area is 201 Å². The number of β-amino-alcohol motifs (C(OH)–C–C–N with tert-alkyl or cyclic N) is 1. The smallest absolute Gasteiger partial charge is 0.391 e. The van der Waals surface area contributed by atoms with Crippen LogP contribution in [0.1, 0.15) is 24.6 Å².